The normalized spacial score (nSPS) is 17.1. The van der Waals surface area contributed by atoms with Crippen molar-refractivity contribution in [3.05, 3.63) is 23.5 Å². The van der Waals surface area contributed by atoms with E-state index in [4.69, 9.17) is 4.74 Å². The molecule has 0 unspecified atom stereocenters. The highest BCUT2D eigenvalue weighted by Gasteiger charge is 2.19. The molecular formula is C14H21NO2. The number of aromatic nitrogens is 1. The first-order valence-corrected chi connectivity index (χ1v) is 6.57. The molecule has 1 aromatic heterocycles. The molecule has 2 rings (SSSR count). The quantitative estimate of drug-likeness (QED) is 0.751. The summed E-state index contributed by atoms with van der Waals surface area (Å²) in [5.41, 5.74) is 1.74. The van der Waals surface area contributed by atoms with Gasteiger partial charge in [-0.25, -0.2) is 4.79 Å². The van der Waals surface area contributed by atoms with Gasteiger partial charge in [0.2, 0.25) is 0 Å². The Kier molecular flexibility index (Phi) is 3.87. The highest BCUT2D eigenvalue weighted by Crippen LogP contribution is 2.29. The molecular weight excluding hydrogens is 214 g/mol. The van der Waals surface area contributed by atoms with Crippen LogP contribution in [-0.2, 0) is 4.74 Å². The van der Waals surface area contributed by atoms with Gasteiger partial charge in [-0.1, -0.05) is 19.3 Å². The van der Waals surface area contributed by atoms with Gasteiger partial charge in [0.05, 0.1) is 12.2 Å². The van der Waals surface area contributed by atoms with Gasteiger partial charge in [0.1, 0.15) is 0 Å². The molecule has 0 atom stereocenters. The van der Waals surface area contributed by atoms with Gasteiger partial charge in [0.15, 0.2) is 0 Å². The average Bonchev–Trinajstić information content (AvgIpc) is 2.73. The second-order valence-corrected chi connectivity index (χ2v) is 4.81. The van der Waals surface area contributed by atoms with Crippen LogP contribution >= 0.6 is 0 Å². The largest absolute Gasteiger partial charge is 0.462 e. The van der Waals surface area contributed by atoms with E-state index in [0.717, 1.165) is 11.1 Å². The van der Waals surface area contributed by atoms with Crippen LogP contribution in [0.4, 0.5) is 0 Å². The van der Waals surface area contributed by atoms with Crippen LogP contribution in [0, 0.1) is 6.92 Å². The maximum Gasteiger partial charge on any atom is 0.339 e. The molecule has 0 aromatic carbocycles. The van der Waals surface area contributed by atoms with Crippen molar-refractivity contribution >= 4 is 5.97 Å². The zero-order chi connectivity index (χ0) is 12.3. The molecule has 0 bridgehead atoms. The maximum absolute atomic E-state index is 11.7. The standard InChI is InChI=1S/C14H21NO2/c1-3-17-14(16)13-10-15(9-11(13)2)12-7-5-4-6-8-12/h9-10,12H,3-8H2,1-2H3. The predicted octanol–water partition coefficient (Wildman–Crippen LogP) is 3.48. The first-order chi connectivity index (χ1) is 8.22. The molecule has 1 heterocycles. The van der Waals surface area contributed by atoms with E-state index in [1.54, 1.807) is 0 Å². The van der Waals surface area contributed by atoms with Crippen LogP contribution in [0.2, 0.25) is 0 Å². The zero-order valence-electron chi connectivity index (χ0n) is 10.7. The van der Waals surface area contributed by atoms with Crippen LogP contribution in [0.1, 0.15) is 61.0 Å². The number of aryl methyl sites for hydroxylation is 1. The summed E-state index contributed by atoms with van der Waals surface area (Å²) in [5.74, 6) is -0.195. The molecule has 0 radical (unpaired) electrons. The molecule has 1 fully saturated rings. The highest BCUT2D eigenvalue weighted by molar-refractivity contribution is 5.90. The summed E-state index contributed by atoms with van der Waals surface area (Å²) in [4.78, 5) is 11.7. The third-order valence-corrected chi connectivity index (χ3v) is 3.54. The Labute approximate surface area is 103 Å². The highest BCUT2D eigenvalue weighted by atomic mass is 16.5. The third-order valence-electron chi connectivity index (χ3n) is 3.54. The van der Waals surface area contributed by atoms with Gasteiger partial charge >= 0.3 is 5.97 Å². The molecule has 0 spiro atoms. The number of hydrogen-bond acceptors (Lipinski definition) is 2. The fourth-order valence-corrected chi connectivity index (χ4v) is 2.59. The third kappa shape index (κ3) is 2.71. The maximum atomic E-state index is 11.7. The smallest absolute Gasteiger partial charge is 0.339 e. The van der Waals surface area contributed by atoms with Crippen molar-refractivity contribution in [3.8, 4) is 0 Å². The summed E-state index contributed by atoms with van der Waals surface area (Å²) in [7, 11) is 0. The molecule has 1 aliphatic rings. The number of ether oxygens (including phenoxy) is 1. The monoisotopic (exact) mass is 235 g/mol. The van der Waals surface area contributed by atoms with E-state index in [-0.39, 0.29) is 5.97 Å². The Bertz CT molecular complexity index is 389. The lowest BCUT2D eigenvalue weighted by atomic mass is 9.95. The minimum Gasteiger partial charge on any atom is -0.462 e. The van der Waals surface area contributed by atoms with Gasteiger partial charge in [0, 0.05) is 18.4 Å². The first kappa shape index (κ1) is 12.2. The summed E-state index contributed by atoms with van der Waals surface area (Å²) >= 11 is 0. The van der Waals surface area contributed by atoms with Gasteiger partial charge < -0.3 is 9.30 Å². The van der Waals surface area contributed by atoms with Gasteiger partial charge in [-0.15, -0.1) is 0 Å². The van der Waals surface area contributed by atoms with Crippen LogP contribution in [0.25, 0.3) is 0 Å². The van der Waals surface area contributed by atoms with E-state index in [1.807, 2.05) is 20.0 Å². The Morgan fingerprint density at radius 2 is 2.06 bits per heavy atom. The Balaban J connectivity index is 2.14. The Hall–Kier alpha value is -1.25. The van der Waals surface area contributed by atoms with Crippen molar-refractivity contribution < 1.29 is 9.53 Å². The minimum absolute atomic E-state index is 0.195. The average molecular weight is 235 g/mol. The van der Waals surface area contributed by atoms with E-state index < -0.39 is 0 Å². The van der Waals surface area contributed by atoms with Gasteiger partial charge in [-0.2, -0.15) is 0 Å². The summed E-state index contributed by atoms with van der Waals surface area (Å²) in [6, 6.07) is 0.575. The van der Waals surface area contributed by atoms with E-state index >= 15 is 0 Å². The van der Waals surface area contributed by atoms with Crippen LogP contribution in [0.15, 0.2) is 12.4 Å². The number of hydrogen-bond donors (Lipinski definition) is 0. The van der Waals surface area contributed by atoms with Crippen LogP contribution in [0.3, 0.4) is 0 Å². The minimum atomic E-state index is -0.195. The summed E-state index contributed by atoms with van der Waals surface area (Å²) in [5, 5.41) is 0. The second kappa shape index (κ2) is 5.39. The van der Waals surface area contributed by atoms with Crippen molar-refractivity contribution in [2.75, 3.05) is 6.61 Å². The lowest BCUT2D eigenvalue weighted by molar-refractivity contribution is 0.0525. The number of rotatable bonds is 3. The molecule has 3 heteroatoms. The van der Waals surface area contributed by atoms with E-state index in [0.29, 0.717) is 12.6 Å². The second-order valence-electron chi connectivity index (χ2n) is 4.81. The Morgan fingerprint density at radius 3 is 2.71 bits per heavy atom. The van der Waals surface area contributed by atoms with Crippen LogP contribution in [-0.4, -0.2) is 17.1 Å². The summed E-state index contributed by atoms with van der Waals surface area (Å²) < 4.78 is 7.27. The molecule has 0 amide bonds. The van der Waals surface area contributed by atoms with Gasteiger partial charge in [-0.3, -0.25) is 0 Å². The van der Waals surface area contributed by atoms with Crippen molar-refractivity contribution in [2.24, 2.45) is 0 Å². The molecule has 1 saturated carbocycles. The SMILES string of the molecule is CCOC(=O)c1cn(C2CCCCC2)cc1C. The first-order valence-electron chi connectivity index (χ1n) is 6.57. The van der Waals surface area contributed by atoms with E-state index in [9.17, 15) is 4.79 Å². The lowest BCUT2D eigenvalue weighted by Crippen LogP contribution is -2.11. The number of esters is 1. The summed E-state index contributed by atoms with van der Waals surface area (Å²) in [6.07, 6.45) is 10.5. The zero-order valence-corrected chi connectivity index (χ0v) is 10.7. The molecule has 1 aliphatic carbocycles. The van der Waals surface area contributed by atoms with Crippen molar-refractivity contribution in [1.82, 2.24) is 4.57 Å². The lowest BCUT2D eigenvalue weighted by Gasteiger charge is -2.23. The molecule has 94 valence electrons. The molecule has 0 N–H and O–H groups in total. The summed E-state index contributed by atoms with van der Waals surface area (Å²) in [6.45, 7) is 4.25. The topological polar surface area (TPSA) is 31.2 Å². The van der Waals surface area contributed by atoms with E-state index in [2.05, 4.69) is 10.8 Å². The molecule has 3 nitrogen and oxygen atoms in total. The van der Waals surface area contributed by atoms with Crippen molar-refractivity contribution in [2.45, 2.75) is 52.0 Å². The Morgan fingerprint density at radius 1 is 1.35 bits per heavy atom. The number of carbonyl (C=O) groups is 1. The van der Waals surface area contributed by atoms with Crippen molar-refractivity contribution in [1.29, 1.82) is 0 Å². The fourth-order valence-electron chi connectivity index (χ4n) is 2.59. The number of carbonyl (C=O) groups excluding carboxylic acids is 1. The molecule has 17 heavy (non-hydrogen) atoms. The van der Waals surface area contributed by atoms with Crippen LogP contribution < -0.4 is 0 Å². The van der Waals surface area contributed by atoms with Gasteiger partial charge in [-0.05, 0) is 32.3 Å². The van der Waals surface area contributed by atoms with Crippen molar-refractivity contribution in [3.63, 3.8) is 0 Å². The van der Waals surface area contributed by atoms with E-state index in [1.165, 1.54) is 32.1 Å². The van der Waals surface area contributed by atoms with Crippen LogP contribution in [0.5, 0.6) is 0 Å². The van der Waals surface area contributed by atoms with Gasteiger partial charge in [0.25, 0.3) is 0 Å². The number of nitrogens with zero attached hydrogens (tertiary/aromatic N) is 1. The predicted molar refractivity (Wildman–Crippen MR) is 67.2 cm³/mol. The fraction of sp³-hybridized carbons (Fsp3) is 0.643. The molecule has 1 aromatic rings. The molecule has 0 saturated heterocycles. The molecule has 0 aliphatic heterocycles.